The van der Waals surface area contributed by atoms with Gasteiger partial charge in [0.1, 0.15) is 0 Å². The lowest BCUT2D eigenvalue weighted by Gasteiger charge is -2.03. The maximum absolute atomic E-state index is 10.6. The second kappa shape index (κ2) is 4.04. The van der Waals surface area contributed by atoms with Gasteiger partial charge in [0.2, 0.25) is 0 Å². The van der Waals surface area contributed by atoms with Crippen molar-refractivity contribution in [1.29, 1.82) is 0 Å². The molecule has 0 saturated heterocycles. The van der Waals surface area contributed by atoms with E-state index in [1.807, 2.05) is 0 Å². The van der Waals surface area contributed by atoms with Crippen LogP contribution in [0.15, 0.2) is 12.1 Å². The summed E-state index contributed by atoms with van der Waals surface area (Å²) in [5, 5.41) is 21.2. The van der Waals surface area contributed by atoms with E-state index in [0.29, 0.717) is 17.5 Å². The molecule has 0 saturated carbocycles. The molecule has 6 nitrogen and oxygen atoms in total. The summed E-state index contributed by atoms with van der Waals surface area (Å²) < 4.78 is 0. The predicted molar refractivity (Wildman–Crippen MR) is 53.9 cm³/mol. The average molecular weight is 210 g/mol. The van der Waals surface area contributed by atoms with Crippen LogP contribution in [-0.2, 0) is 6.42 Å². The number of nitro groups is 2. The van der Waals surface area contributed by atoms with E-state index in [-0.39, 0.29) is 11.4 Å². The molecule has 1 aromatic rings. The summed E-state index contributed by atoms with van der Waals surface area (Å²) in [5.74, 6) is 0. The fraction of sp³-hybridized carbons (Fsp3) is 0.333. The van der Waals surface area contributed by atoms with Gasteiger partial charge in [-0.15, -0.1) is 0 Å². The van der Waals surface area contributed by atoms with Gasteiger partial charge in [-0.05, 0) is 18.9 Å². The van der Waals surface area contributed by atoms with E-state index in [1.165, 1.54) is 6.07 Å². The maximum Gasteiger partial charge on any atom is 0.279 e. The van der Waals surface area contributed by atoms with Crippen LogP contribution in [0.3, 0.4) is 0 Å². The molecule has 15 heavy (non-hydrogen) atoms. The van der Waals surface area contributed by atoms with Crippen molar-refractivity contribution in [2.45, 2.75) is 20.3 Å². The minimum Gasteiger partial charge on any atom is -0.258 e. The normalized spacial score (nSPS) is 10.0. The zero-order chi connectivity index (χ0) is 11.6. The van der Waals surface area contributed by atoms with Gasteiger partial charge in [-0.2, -0.15) is 0 Å². The lowest BCUT2D eigenvalue weighted by Crippen LogP contribution is -1.99. The van der Waals surface area contributed by atoms with E-state index in [2.05, 4.69) is 0 Å². The summed E-state index contributed by atoms with van der Waals surface area (Å²) in [5.41, 5.74) is 0.703. The Morgan fingerprint density at radius 3 is 2.20 bits per heavy atom. The summed E-state index contributed by atoms with van der Waals surface area (Å²) in [7, 11) is 0. The van der Waals surface area contributed by atoms with Gasteiger partial charge < -0.3 is 0 Å². The molecular weight excluding hydrogens is 200 g/mol. The van der Waals surface area contributed by atoms with Gasteiger partial charge in [-0.3, -0.25) is 20.2 Å². The highest BCUT2D eigenvalue weighted by Crippen LogP contribution is 2.27. The number of hydrogen-bond donors (Lipinski definition) is 0. The molecule has 0 unspecified atom stereocenters. The minimum atomic E-state index is -0.619. The van der Waals surface area contributed by atoms with E-state index in [4.69, 9.17) is 0 Å². The smallest absolute Gasteiger partial charge is 0.258 e. The lowest BCUT2D eigenvalue weighted by molar-refractivity contribution is -0.394. The molecule has 0 amide bonds. The van der Waals surface area contributed by atoms with Gasteiger partial charge in [-0.25, -0.2) is 0 Å². The maximum atomic E-state index is 10.6. The van der Waals surface area contributed by atoms with Crippen LogP contribution in [-0.4, -0.2) is 9.85 Å². The molecule has 0 aliphatic carbocycles. The Kier molecular flexibility index (Phi) is 2.99. The van der Waals surface area contributed by atoms with Crippen molar-refractivity contribution in [2.24, 2.45) is 0 Å². The summed E-state index contributed by atoms with van der Waals surface area (Å²) >= 11 is 0. The Labute approximate surface area is 85.8 Å². The number of aryl methyl sites for hydroxylation is 1. The van der Waals surface area contributed by atoms with Gasteiger partial charge in [0.15, 0.2) is 0 Å². The van der Waals surface area contributed by atoms with Crippen molar-refractivity contribution in [3.63, 3.8) is 0 Å². The standard InChI is InChI=1S/C9H10N2O4/c1-3-7-4-8(10(12)13)5-9(6(7)2)11(14)15/h4-5H,3H2,1-2H3. The fourth-order valence-corrected chi connectivity index (χ4v) is 1.40. The highest BCUT2D eigenvalue weighted by atomic mass is 16.6. The minimum absolute atomic E-state index is 0.193. The molecule has 0 aromatic heterocycles. The van der Waals surface area contributed by atoms with Crippen molar-refractivity contribution in [2.75, 3.05) is 0 Å². The van der Waals surface area contributed by atoms with E-state index >= 15 is 0 Å². The molecule has 0 heterocycles. The largest absolute Gasteiger partial charge is 0.279 e. The third-order valence-electron chi connectivity index (χ3n) is 2.26. The molecule has 0 radical (unpaired) electrons. The molecule has 0 aliphatic heterocycles. The van der Waals surface area contributed by atoms with Crippen LogP contribution in [0.4, 0.5) is 11.4 Å². The second-order valence-corrected chi connectivity index (χ2v) is 3.12. The first kappa shape index (κ1) is 11.1. The van der Waals surface area contributed by atoms with Crippen molar-refractivity contribution in [3.05, 3.63) is 43.5 Å². The van der Waals surface area contributed by atoms with Crippen molar-refractivity contribution in [3.8, 4) is 0 Å². The third-order valence-corrected chi connectivity index (χ3v) is 2.26. The van der Waals surface area contributed by atoms with Crippen molar-refractivity contribution in [1.82, 2.24) is 0 Å². The highest BCUT2D eigenvalue weighted by Gasteiger charge is 2.20. The van der Waals surface area contributed by atoms with Crippen LogP contribution in [0.5, 0.6) is 0 Å². The van der Waals surface area contributed by atoms with Gasteiger partial charge in [0, 0.05) is 11.6 Å². The topological polar surface area (TPSA) is 86.3 Å². The third kappa shape index (κ3) is 2.09. The van der Waals surface area contributed by atoms with Crippen LogP contribution in [0.25, 0.3) is 0 Å². The Morgan fingerprint density at radius 1 is 1.20 bits per heavy atom. The first-order valence-corrected chi connectivity index (χ1v) is 4.39. The van der Waals surface area contributed by atoms with E-state index in [0.717, 1.165) is 6.07 Å². The monoisotopic (exact) mass is 210 g/mol. The zero-order valence-electron chi connectivity index (χ0n) is 8.39. The second-order valence-electron chi connectivity index (χ2n) is 3.12. The predicted octanol–water partition coefficient (Wildman–Crippen LogP) is 2.37. The zero-order valence-corrected chi connectivity index (χ0v) is 8.39. The Balaban J connectivity index is 3.45. The number of non-ortho nitro benzene ring substituents is 1. The average Bonchev–Trinajstić information content (AvgIpc) is 2.17. The first-order valence-electron chi connectivity index (χ1n) is 4.39. The fourth-order valence-electron chi connectivity index (χ4n) is 1.40. The molecule has 0 atom stereocenters. The summed E-state index contributed by atoms with van der Waals surface area (Å²) in [4.78, 5) is 20.0. The summed E-state index contributed by atoms with van der Waals surface area (Å²) in [6.45, 7) is 3.40. The van der Waals surface area contributed by atoms with Crippen LogP contribution in [0.2, 0.25) is 0 Å². The van der Waals surface area contributed by atoms with Crippen LogP contribution in [0, 0.1) is 27.2 Å². The molecule has 6 heteroatoms. The molecule has 1 aromatic carbocycles. The van der Waals surface area contributed by atoms with Gasteiger partial charge in [-0.1, -0.05) is 6.92 Å². The summed E-state index contributed by atoms with van der Waals surface area (Å²) in [6.07, 6.45) is 0.536. The Bertz CT molecular complexity index is 428. The van der Waals surface area contributed by atoms with Gasteiger partial charge in [0.05, 0.1) is 15.9 Å². The molecule has 0 fully saturated rings. The first-order chi connectivity index (χ1) is 6.97. The number of rotatable bonds is 3. The number of hydrogen-bond acceptors (Lipinski definition) is 4. The van der Waals surface area contributed by atoms with E-state index in [9.17, 15) is 20.2 Å². The quantitative estimate of drug-likeness (QED) is 0.566. The highest BCUT2D eigenvalue weighted by molar-refractivity contribution is 5.53. The molecule has 0 spiro atoms. The molecule has 0 N–H and O–H groups in total. The van der Waals surface area contributed by atoms with E-state index < -0.39 is 9.85 Å². The summed E-state index contributed by atoms with van der Waals surface area (Å²) in [6, 6.07) is 2.37. The molecule has 0 aliphatic rings. The lowest BCUT2D eigenvalue weighted by atomic mass is 10.0. The number of nitrogens with zero attached hydrogens (tertiary/aromatic N) is 2. The molecule has 80 valence electrons. The van der Waals surface area contributed by atoms with Crippen LogP contribution < -0.4 is 0 Å². The van der Waals surface area contributed by atoms with Gasteiger partial charge in [0.25, 0.3) is 11.4 Å². The number of nitro benzene ring substituents is 2. The van der Waals surface area contributed by atoms with Crippen LogP contribution >= 0.6 is 0 Å². The van der Waals surface area contributed by atoms with Gasteiger partial charge >= 0.3 is 0 Å². The number of benzene rings is 1. The molecule has 1 rings (SSSR count). The van der Waals surface area contributed by atoms with Crippen molar-refractivity contribution >= 4 is 11.4 Å². The SMILES string of the molecule is CCc1cc([N+](=O)[O-])cc([N+](=O)[O-])c1C. The molecule has 0 bridgehead atoms. The Hall–Kier alpha value is -1.98. The van der Waals surface area contributed by atoms with E-state index in [1.54, 1.807) is 13.8 Å². The van der Waals surface area contributed by atoms with Crippen LogP contribution in [0.1, 0.15) is 18.1 Å². The molecular formula is C9H10N2O4. The van der Waals surface area contributed by atoms with Crippen molar-refractivity contribution < 1.29 is 9.85 Å². The Morgan fingerprint density at radius 2 is 1.80 bits per heavy atom.